The molecule has 1 rings (SSSR count). The van der Waals surface area contributed by atoms with Crippen LogP contribution in [0.3, 0.4) is 0 Å². The summed E-state index contributed by atoms with van der Waals surface area (Å²) in [6.07, 6.45) is -7.32. The number of halogens is 3. The lowest BCUT2D eigenvalue weighted by Gasteiger charge is -2.17. The zero-order valence-corrected chi connectivity index (χ0v) is 12.4. The first-order chi connectivity index (χ1) is 9.80. The van der Waals surface area contributed by atoms with Crippen molar-refractivity contribution in [1.29, 1.82) is 0 Å². The molecule has 0 bridgehead atoms. The molecule has 1 aromatic heterocycles. The Balaban J connectivity index is 2.06. The van der Waals surface area contributed by atoms with E-state index < -0.39 is 24.9 Å². The molecule has 0 aromatic carbocycles. The number of thiazole rings is 1. The Labute approximate surface area is 124 Å². The molecule has 1 heterocycles. The number of aliphatic hydroxyl groups excluding tert-OH is 2. The van der Waals surface area contributed by atoms with Crippen molar-refractivity contribution in [3.63, 3.8) is 0 Å². The van der Waals surface area contributed by atoms with E-state index in [4.69, 9.17) is 9.84 Å². The van der Waals surface area contributed by atoms with Crippen molar-refractivity contribution in [3.8, 4) is 0 Å². The van der Waals surface area contributed by atoms with Gasteiger partial charge in [0.2, 0.25) is 0 Å². The third-order valence-electron chi connectivity index (χ3n) is 2.72. The highest BCUT2D eigenvalue weighted by Crippen LogP contribution is 2.19. The minimum Gasteiger partial charge on any atom is -0.389 e. The second-order valence-corrected chi connectivity index (χ2v) is 5.49. The van der Waals surface area contributed by atoms with Crippen LogP contribution in [0, 0.1) is 6.92 Å². The van der Waals surface area contributed by atoms with Crippen molar-refractivity contribution < 1.29 is 28.1 Å². The van der Waals surface area contributed by atoms with E-state index in [2.05, 4.69) is 10.3 Å². The number of ether oxygens (including phenoxy) is 1. The lowest BCUT2D eigenvalue weighted by atomic mass is 10.3. The Kier molecular flexibility index (Phi) is 7.53. The summed E-state index contributed by atoms with van der Waals surface area (Å²) in [5.41, 5.74) is 2.70. The van der Waals surface area contributed by atoms with Crippen LogP contribution in [-0.4, -0.2) is 59.9 Å². The maximum Gasteiger partial charge on any atom is 0.415 e. The molecule has 2 atom stereocenters. The monoisotopic (exact) mass is 328 g/mol. The van der Waals surface area contributed by atoms with Crippen LogP contribution in [0.25, 0.3) is 0 Å². The van der Waals surface area contributed by atoms with Gasteiger partial charge in [0, 0.05) is 24.4 Å². The smallest absolute Gasteiger partial charge is 0.389 e. The predicted molar refractivity (Wildman–Crippen MR) is 72.3 cm³/mol. The fourth-order valence-electron chi connectivity index (χ4n) is 1.51. The summed E-state index contributed by atoms with van der Waals surface area (Å²) >= 11 is 1.53. The van der Waals surface area contributed by atoms with Crippen molar-refractivity contribution in [2.75, 3.05) is 26.3 Å². The van der Waals surface area contributed by atoms with Crippen molar-refractivity contribution in [3.05, 3.63) is 16.1 Å². The molecule has 0 amide bonds. The number of aliphatic hydroxyl groups is 2. The molecule has 0 fully saturated rings. The number of aryl methyl sites for hydroxylation is 1. The second-order valence-electron chi connectivity index (χ2n) is 4.56. The van der Waals surface area contributed by atoms with E-state index in [-0.39, 0.29) is 13.2 Å². The fraction of sp³-hybridized carbons (Fsp3) is 0.750. The molecule has 9 heteroatoms. The molecule has 1 aromatic rings. The van der Waals surface area contributed by atoms with Crippen LogP contribution in [0.2, 0.25) is 0 Å². The Bertz CT molecular complexity index is 415. The summed E-state index contributed by atoms with van der Waals surface area (Å²) < 4.78 is 41.3. The number of rotatable bonds is 9. The number of alkyl halides is 3. The van der Waals surface area contributed by atoms with Crippen LogP contribution in [0.1, 0.15) is 10.6 Å². The summed E-state index contributed by atoms with van der Waals surface area (Å²) in [5, 5.41) is 20.6. The van der Waals surface area contributed by atoms with Gasteiger partial charge in [-0.3, -0.25) is 0 Å². The molecule has 0 aliphatic rings. The Hall–Kier alpha value is -0.740. The molecule has 5 nitrogen and oxygen atoms in total. The molecule has 2 unspecified atom stereocenters. The van der Waals surface area contributed by atoms with Gasteiger partial charge < -0.3 is 20.3 Å². The van der Waals surface area contributed by atoms with E-state index in [1.54, 1.807) is 5.51 Å². The minimum atomic E-state index is -4.65. The number of hydrogen-bond acceptors (Lipinski definition) is 6. The zero-order chi connectivity index (χ0) is 15.9. The van der Waals surface area contributed by atoms with Crippen LogP contribution < -0.4 is 5.32 Å². The molecular formula is C12H19F3N2O3S. The van der Waals surface area contributed by atoms with E-state index in [0.29, 0.717) is 13.0 Å². The lowest BCUT2D eigenvalue weighted by Crippen LogP contribution is -2.41. The maximum absolute atomic E-state index is 12.0. The maximum atomic E-state index is 12.0. The summed E-state index contributed by atoms with van der Waals surface area (Å²) in [4.78, 5) is 5.20. The van der Waals surface area contributed by atoms with Gasteiger partial charge in [-0.2, -0.15) is 13.2 Å². The molecule has 3 N–H and O–H groups in total. The van der Waals surface area contributed by atoms with E-state index >= 15 is 0 Å². The average Bonchev–Trinajstić information content (AvgIpc) is 2.79. The highest BCUT2D eigenvalue weighted by atomic mass is 32.1. The van der Waals surface area contributed by atoms with Gasteiger partial charge in [0.05, 0.1) is 30.5 Å². The largest absolute Gasteiger partial charge is 0.415 e. The van der Waals surface area contributed by atoms with Gasteiger partial charge in [0.25, 0.3) is 0 Å². The van der Waals surface area contributed by atoms with Crippen molar-refractivity contribution in [1.82, 2.24) is 10.3 Å². The number of nitrogens with one attached hydrogen (secondary N) is 1. The summed E-state index contributed by atoms with van der Waals surface area (Å²) in [5.74, 6) is 0. The quantitative estimate of drug-likeness (QED) is 0.587. The molecule has 0 saturated carbocycles. The summed E-state index contributed by atoms with van der Waals surface area (Å²) in [6.45, 7) is 1.60. The first-order valence-corrected chi connectivity index (χ1v) is 7.29. The lowest BCUT2D eigenvalue weighted by molar-refractivity contribution is -0.202. The molecule has 21 heavy (non-hydrogen) atoms. The van der Waals surface area contributed by atoms with Gasteiger partial charge in [-0.05, 0) is 6.92 Å². The SMILES string of the molecule is Cc1ncsc1CCOCC(O)CNCC(O)C(F)(F)F. The van der Waals surface area contributed by atoms with Crippen LogP contribution in [0.5, 0.6) is 0 Å². The van der Waals surface area contributed by atoms with Gasteiger partial charge in [-0.25, -0.2) is 4.98 Å². The van der Waals surface area contributed by atoms with Crippen LogP contribution in [0.4, 0.5) is 13.2 Å². The predicted octanol–water partition coefficient (Wildman–Crippen LogP) is 0.884. The van der Waals surface area contributed by atoms with Crippen molar-refractivity contribution in [2.24, 2.45) is 0 Å². The van der Waals surface area contributed by atoms with Crippen molar-refractivity contribution in [2.45, 2.75) is 31.7 Å². The van der Waals surface area contributed by atoms with Gasteiger partial charge >= 0.3 is 6.18 Å². The Morgan fingerprint density at radius 2 is 2.10 bits per heavy atom. The Morgan fingerprint density at radius 1 is 1.38 bits per heavy atom. The molecule has 0 spiro atoms. The Morgan fingerprint density at radius 3 is 2.67 bits per heavy atom. The first-order valence-electron chi connectivity index (χ1n) is 6.41. The standard InChI is InChI=1S/C12H19F3N2O3S/c1-8-10(21-7-17-8)2-3-20-6-9(18)4-16-5-11(19)12(13,14)15/h7,9,11,16,18-19H,2-6H2,1H3. The molecule has 122 valence electrons. The van der Waals surface area contributed by atoms with Gasteiger partial charge in [0.1, 0.15) is 0 Å². The third-order valence-corrected chi connectivity index (χ3v) is 3.72. The molecule has 0 radical (unpaired) electrons. The normalized spacial score (nSPS) is 15.1. The number of nitrogens with zero attached hydrogens (tertiary/aromatic N) is 1. The third kappa shape index (κ3) is 7.18. The highest BCUT2D eigenvalue weighted by molar-refractivity contribution is 7.09. The van der Waals surface area contributed by atoms with Crippen molar-refractivity contribution >= 4 is 11.3 Å². The number of hydrogen-bond donors (Lipinski definition) is 3. The molecule has 0 aliphatic carbocycles. The van der Waals surface area contributed by atoms with Gasteiger partial charge in [-0.1, -0.05) is 0 Å². The molecular weight excluding hydrogens is 309 g/mol. The first kappa shape index (κ1) is 18.3. The number of aromatic nitrogens is 1. The van der Waals surface area contributed by atoms with Crippen LogP contribution >= 0.6 is 11.3 Å². The van der Waals surface area contributed by atoms with Crippen LogP contribution in [0.15, 0.2) is 5.51 Å². The molecule has 0 aliphatic heterocycles. The average molecular weight is 328 g/mol. The highest BCUT2D eigenvalue weighted by Gasteiger charge is 2.37. The van der Waals surface area contributed by atoms with E-state index in [1.807, 2.05) is 6.92 Å². The zero-order valence-electron chi connectivity index (χ0n) is 11.6. The second kappa shape index (κ2) is 8.64. The topological polar surface area (TPSA) is 74.6 Å². The van der Waals surface area contributed by atoms with E-state index in [0.717, 1.165) is 10.6 Å². The fourth-order valence-corrected chi connectivity index (χ4v) is 2.27. The summed E-state index contributed by atoms with van der Waals surface area (Å²) in [7, 11) is 0. The van der Waals surface area contributed by atoms with Gasteiger partial charge in [0.15, 0.2) is 6.10 Å². The van der Waals surface area contributed by atoms with E-state index in [1.165, 1.54) is 11.3 Å². The minimum absolute atomic E-state index is 0.0208. The van der Waals surface area contributed by atoms with E-state index in [9.17, 15) is 18.3 Å². The van der Waals surface area contributed by atoms with Gasteiger partial charge in [-0.15, -0.1) is 11.3 Å². The summed E-state index contributed by atoms with van der Waals surface area (Å²) in [6, 6.07) is 0. The van der Waals surface area contributed by atoms with Crippen LogP contribution in [-0.2, 0) is 11.2 Å². The molecule has 0 saturated heterocycles.